The predicted molar refractivity (Wildman–Crippen MR) is 90.5 cm³/mol. The highest BCUT2D eigenvalue weighted by atomic mass is 16.5. The molecule has 4 heteroatoms. The van der Waals surface area contributed by atoms with E-state index in [4.69, 9.17) is 4.74 Å². The summed E-state index contributed by atoms with van der Waals surface area (Å²) in [7, 11) is 0. The van der Waals surface area contributed by atoms with Crippen LogP contribution in [0.5, 0.6) is 5.88 Å². The van der Waals surface area contributed by atoms with Crippen LogP contribution in [0.15, 0.2) is 60.8 Å². The number of benzene rings is 2. The molecule has 1 aromatic heterocycles. The molecule has 23 heavy (non-hydrogen) atoms. The van der Waals surface area contributed by atoms with E-state index in [2.05, 4.69) is 10.3 Å². The number of rotatable bonds is 5. The highest BCUT2D eigenvalue weighted by Crippen LogP contribution is 2.19. The smallest absolute Gasteiger partial charge is 0.252 e. The molecule has 0 aliphatic carbocycles. The van der Waals surface area contributed by atoms with Gasteiger partial charge in [-0.05, 0) is 29.8 Å². The Labute approximate surface area is 135 Å². The molecule has 0 bridgehead atoms. The van der Waals surface area contributed by atoms with Gasteiger partial charge in [-0.15, -0.1) is 0 Å². The molecule has 0 aliphatic heterocycles. The Morgan fingerprint density at radius 1 is 1.09 bits per heavy atom. The van der Waals surface area contributed by atoms with Gasteiger partial charge < -0.3 is 10.1 Å². The van der Waals surface area contributed by atoms with E-state index in [1.54, 1.807) is 6.20 Å². The van der Waals surface area contributed by atoms with Crippen LogP contribution in [0.1, 0.15) is 22.8 Å². The first-order chi connectivity index (χ1) is 11.3. The molecule has 1 amide bonds. The topological polar surface area (TPSA) is 51.2 Å². The summed E-state index contributed by atoms with van der Waals surface area (Å²) in [6.07, 6.45) is 1.68. The Morgan fingerprint density at radius 2 is 1.91 bits per heavy atom. The fraction of sp³-hybridized carbons (Fsp3) is 0.158. The third kappa shape index (κ3) is 3.31. The Bertz CT molecular complexity index is 825. The molecule has 0 unspecified atom stereocenters. The molecule has 0 saturated carbocycles. The third-order valence-electron chi connectivity index (χ3n) is 3.60. The molecule has 1 heterocycles. The standard InChI is InChI=1S/C19H18N2O2/c1-2-23-19-15(9-6-12-20-19)13-21-18(22)17-11-5-8-14-7-3-4-10-16(14)17/h3-12H,2,13H2,1H3,(H,21,22). The van der Waals surface area contributed by atoms with Crippen molar-refractivity contribution in [3.05, 3.63) is 71.9 Å². The number of carbonyl (C=O) groups excluding carboxylic acids is 1. The van der Waals surface area contributed by atoms with Gasteiger partial charge in [0.2, 0.25) is 5.88 Å². The van der Waals surface area contributed by atoms with Crippen LogP contribution in [0, 0.1) is 0 Å². The number of aromatic nitrogens is 1. The van der Waals surface area contributed by atoms with E-state index >= 15 is 0 Å². The van der Waals surface area contributed by atoms with Gasteiger partial charge in [-0.25, -0.2) is 4.98 Å². The number of nitrogens with one attached hydrogen (secondary N) is 1. The van der Waals surface area contributed by atoms with Gasteiger partial charge in [-0.2, -0.15) is 0 Å². The quantitative estimate of drug-likeness (QED) is 0.784. The second-order valence-corrected chi connectivity index (χ2v) is 5.11. The summed E-state index contributed by atoms with van der Waals surface area (Å²) in [6, 6.07) is 17.3. The van der Waals surface area contributed by atoms with Crippen LogP contribution in [-0.2, 0) is 6.54 Å². The van der Waals surface area contributed by atoms with Crippen molar-refractivity contribution >= 4 is 16.7 Å². The summed E-state index contributed by atoms with van der Waals surface area (Å²) in [4.78, 5) is 16.7. The van der Waals surface area contributed by atoms with Crippen LogP contribution >= 0.6 is 0 Å². The maximum atomic E-state index is 12.5. The summed E-state index contributed by atoms with van der Waals surface area (Å²) in [6.45, 7) is 2.83. The second kappa shape index (κ2) is 6.92. The molecule has 116 valence electrons. The maximum absolute atomic E-state index is 12.5. The Morgan fingerprint density at radius 3 is 2.78 bits per heavy atom. The van der Waals surface area contributed by atoms with Crippen molar-refractivity contribution in [1.82, 2.24) is 10.3 Å². The van der Waals surface area contributed by atoms with Gasteiger partial charge >= 0.3 is 0 Å². The molecular formula is C19H18N2O2. The molecule has 0 saturated heterocycles. The van der Waals surface area contributed by atoms with E-state index in [0.717, 1.165) is 16.3 Å². The zero-order chi connectivity index (χ0) is 16.1. The molecule has 0 fully saturated rings. The van der Waals surface area contributed by atoms with Crippen molar-refractivity contribution in [2.24, 2.45) is 0 Å². The number of hydrogen-bond donors (Lipinski definition) is 1. The highest BCUT2D eigenvalue weighted by Gasteiger charge is 2.11. The van der Waals surface area contributed by atoms with Crippen molar-refractivity contribution in [3.63, 3.8) is 0 Å². The first-order valence-electron chi connectivity index (χ1n) is 7.62. The van der Waals surface area contributed by atoms with Crippen LogP contribution in [0.2, 0.25) is 0 Å². The lowest BCUT2D eigenvalue weighted by molar-refractivity contribution is 0.0952. The van der Waals surface area contributed by atoms with Gasteiger partial charge in [0.1, 0.15) is 0 Å². The average molecular weight is 306 g/mol. The van der Waals surface area contributed by atoms with Crippen LogP contribution in [0.3, 0.4) is 0 Å². The highest BCUT2D eigenvalue weighted by molar-refractivity contribution is 6.06. The Hall–Kier alpha value is -2.88. The summed E-state index contributed by atoms with van der Waals surface area (Å²) in [5, 5.41) is 4.95. The molecule has 2 aromatic carbocycles. The number of fused-ring (bicyclic) bond motifs is 1. The van der Waals surface area contributed by atoms with Crippen molar-refractivity contribution in [2.75, 3.05) is 6.61 Å². The van der Waals surface area contributed by atoms with Crippen LogP contribution in [0.25, 0.3) is 10.8 Å². The predicted octanol–water partition coefficient (Wildman–Crippen LogP) is 3.56. The fourth-order valence-electron chi connectivity index (χ4n) is 2.52. The van der Waals surface area contributed by atoms with E-state index in [1.807, 2.05) is 61.5 Å². The molecular weight excluding hydrogens is 288 g/mol. The van der Waals surface area contributed by atoms with Crippen LogP contribution < -0.4 is 10.1 Å². The molecule has 1 N–H and O–H groups in total. The normalized spacial score (nSPS) is 10.5. The number of amides is 1. The minimum Gasteiger partial charge on any atom is -0.478 e. The van der Waals surface area contributed by atoms with E-state index in [1.165, 1.54) is 0 Å². The molecule has 0 atom stereocenters. The Kier molecular flexibility index (Phi) is 4.52. The number of ether oxygens (including phenoxy) is 1. The summed E-state index contributed by atoms with van der Waals surface area (Å²) in [5.41, 5.74) is 1.54. The minimum absolute atomic E-state index is 0.104. The van der Waals surface area contributed by atoms with Crippen molar-refractivity contribution in [1.29, 1.82) is 0 Å². The summed E-state index contributed by atoms with van der Waals surface area (Å²) >= 11 is 0. The van der Waals surface area contributed by atoms with Gasteiger partial charge in [0.05, 0.1) is 6.61 Å². The summed E-state index contributed by atoms with van der Waals surface area (Å²) in [5.74, 6) is 0.460. The molecule has 3 aromatic rings. The third-order valence-corrected chi connectivity index (χ3v) is 3.60. The average Bonchev–Trinajstić information content (AvgIpc) is 2.60. The zero-order valence-electron chi connectivity index (χ0n) is 13.0. The lowest BCUT2D eigenvalue weighted by Gasteiger charge is -2.11. The molecule has 4 nitrogen and oxygen atoms in total. The first-order valence-corrected chi connectivity index (χ1v) is 7.62. The molecule has 0 spiro atoms. The first kappa shape index (κ1) is 15.0. The monoisotopic (exact) mass is 306 g/mol. The summed E-state index contributed by atoms with van der Waals surface area (Å²) < 4.78 is 5.48. The van der Waals surface area contributed by atoms with E-state index < -0.39 is 0 Å². The van der Waals surface area contributed by atoms with E-state index in [9.17, 15) is 4.79 Å². The van der Waals surface area contributed by atoms with Gasteiger partial charge in [0, 0.05) is 23.9 Å². The number of pyridine rings is 1. The lowest BCUT2D eigenvalue weighted by Crippen LogP contribution is -2.23. The molecule has 0 aliphatic rings. The largest absolute Gasteiger partial charge is 0.478 e. The minimum atomic E-state index is -0.104. The fourth-order valence-corrected chi connectivity index (χ4v) is 2.52. The van der Waals surface area contributed by atoms with Crippen molar-refractivity contribution < 1.29 is 9.53 Å². The number of carbonyl (C=O) groups is 1. The van der Waals surface area contributed by atoms with Crippen molar-refractivity contribution in [3.8, 4) is 5.88 Å². The Balaban J connectivity index is 1.80. The van der Waals surface area contributed by atoms with E-state index in [0.29, 0.717) is 24.6 Å². The van der Waals surface area contributed by atoms with Crippen LogP contribution in [-0.4, -0.2) is 17.5 Å². The van der Waals surface area contributed by atoms with Gasteiger partial charge in [0.25, 0.3) is 5.91 Å². The second-order valence-electron chi connectivity index (χ2n) is 5.11. The van der Waals surface area contributed by atoms with Gasteiger partial charge in [-0.3, -0.25) is 4.79 Å². The number of nitrogens with zero attached hydrogens (tertiary/aromatic N) is 1. The number of hydrogen-bond acceptors (Lipinski definition) is 3. The molecule has 0 radical (unpaired) electrons. The van der Waals surface area contributed by atoms with Gasteiger partial charge in [0.15, 0.2) is 0 Å². The zero-order valence-corrected chi connectivity index (χ0v) is 13.0. The van der Waals surface area contributed by atoms with Crippen molar-refractivity contribution in [2.45, 2.75) is 13.5 Å². The maximum Gasteiger partial charge on any atom is 0.252 e. The SMILES string of the molecule is CCOc1ncccc1CNC(=O)c1cccc2ccccc12. The lowest BCUT2D eigenvalue weighted by atomic mass is 10.0. The van der Waals surface area contributed by atoms with Crippen LogP contribution in [0.4, 0.5) is 0 Å². The molecule has 3 rings (SSSR count). The van der Waals surface area contributed by atoms with E-state index in [-0.39, 0.29) is 5.91 Å². The van der Waals surface area contributed by atoms with Gasteiger partial charge in [-0.1, -0.05) is 42.5 Å².